The molecule has 0 unspecified atom stereocenters. The molecule has 0 radical (unpaired) electrons. The number of hydrogen-bond acceptors (Lipinski definition) is 4. The zero-order valence-electron chi connectivity index (χ0n) is 15.6. The highest BCUT2D eigenvalue weighted by Gasteiger charge is 2.24. The van der Waals surface area contributed by atoms with Crippen molar-refractivity contribution in [1.29, 1.82) is 0 Å². The van der Waals surface area contributed by atoms with Crippen molar-refractivity contribution in [2.75, 3.05) is 0 Å². The number of para-hydroxylation sites is 1. The van der Waals surface area contributed by atoms with Crippen LogP contribution in [0.4, 0.5) is 0 Å². The van der Waals surface area contributed by atoms with Crippen molar-refractivity contribution in [2.45, 2.75) is 38.7 Å². The zero-order valence-corrected chi connectivity index (χ0v) is 16.4. The van der Waals surface area contributed by atoms with Crippen molar-refractivity contribution in [3.8, 4) is 11.1 Å². The lowest BCUT2D eigenvalue weighted by Crippen LogP contribution is -2.24. The van der Waals surface area contributed by atoms with Gasteiger partial charge in [0.2, 0.25) is 0 Å². The molecule has 1 aromatic heterocycles. The third kappa shape index (κ3) is 3.83. The Bertz CT molecular complexity index is 1090. The maximum atomic E-state index is 12.5. The van der Waals surface area contributed by atoms with E-state index in [1.165, 1.54) is 6.42 Å². The average molecular weight is 397 g/mol. The number of rotatable bonds is 3. The molecule has 5 heteroatoms. The molecule has 1 fully saturated rings. The predicted molar refractivity (Wildman–Crippen MR) is 110 cm³/mol. The van der Waals surface area contributed by atoms with E-state index in [1.54, 1.807) is 30.3 Å². The van der Waals surface area contributed by atoms with E-state index in [9.17, 15) is 9.59 Å². The lowest BCUT2D eigenvalue weighted by Gasteiger charge is -2.26. The smallest absolute Gasteiger partial charge is 0.344 e. The topological polar surface area (TPSA) is 56.5 Å². The number of esters is 1. The van der Waals surface area contributed by atoms with Gasteiger partial charge in [-0.25, -0.2) is 9.59 Å². The first-order valence-electron chi connectivity index (χ1n) is 9.55. The van der Waals surface area contributed by atoms with Crippen LogP contribution in [0.5, 0.6) is 0 Å². The van der Waals surface area contributed by atoms with Crippen molar-refractivity contribution in [1.82, 2.24) is 0 Å². The maximum Gasteiger partial charge on any atom is 0.344 e. The summed E-state index contributed by atoms with van der Waals surface area (Å²) in [6.45, 7) is 2.18. The van der Waals surface area contributed by atoms with Gasteiger partial charge in [0.1, 0.15) is 11.7 Å². The fourth-order valence-electron chi connectivity index (χ4n) is 3.81. The van der Waals surface area contributed by atoms with Crippen LogP contribution in [0.1, 0.15) is 43.0 Å². The van der Waals surface area contributed by atoms with Gasteiger partial charge in [0, 0.05) is 5.39 Å². The van der Waals surface area contributed by atoms with Gasteiger partial charge in [0.05, 0.1) is 16.1 Å². The molecule has 144 valence electrons. The third-order valence-electron chi connectivity index (χ3n) is 5.30. The van der Waals surface area contributed by atoms with E-state index in [0.29, 0.717) is 28.2 Å². The predicted octanol–water partition coefficient (Wildman–Crippen LogP) is 5.85. The summed E-state index contributed by atoms with van der Waals surface area (Å²) in [4.78, 5) is 24.9. The molecule has 0 saturated heterocycles. The number of fused-ring (bicyclic) bond motifs is 1. The zero-order chi connectivity index (χ0) is 19.7. The molecule has 0 amide bonds. The number of hydrogen-bond donors (Lipinski definition) is 0. The van der Waals surface area contributed by atoms with E-state index in [4.69, 9.17) is 20.8 Å². The summed E-state index contributed by atoms with van der Waals surface area (Å²) < 4.78 is 11.0. The number of benzene rings is 2. The second kappa shape index (κ2) is 7.80. The van der Waals surface area contributed by atoms with Gasteiger partial charge >= 0.3 is 11.6 Å². The van der Waals surface area contributed by atoms with Crippen molar-refractivity contribution in [2.24, 2.45) is 5.92 Å². The first-order chi connectivity index (χ1) is 13.5. The largest absolute Gasteiger partial charge is 0.459 e. The molecule has 1 saturated carbocycles. The van der Waals surface area contributed by atoms with Crippen LogP contribution in [0.15, 0.2) is 57.7 Å². The minimum absolute atomic E-state index is 0.0560. The minimum Gasteiger partial charge on any atom is -0.459 e. The molecule has 4 rings (SSSR count). The Balaban J connectivity index is 1.60. The first kappa shape index (κ1) is 18.8. The molecular weight excluding hydrogens is 376 g/mol. The molecule has 0 N–H and O–H groups in total. The van der Waals surface area contributed by atoms with Crippen LogP contribution in [0.3, 0.4) is 0 Å². The minimum atomic E-state index is -0.443. The van der Waals surface area contributed by atoms with Gasteiger partial charge in [-0.3, -0.25) is 0 Å². The summed E-state index contributed by atoms with van der Waals surface area (Å²) in [5.74, 6) is 0.151. The van der Waals surface area contributed by atoms with Gasteiger partial charge in [-0.15, -0.1) is 0 Å². The van der Waals surface area contributed by atoms with Gasteiger partial charge in [0.15, 0.2) is 0 Å². The van der Waals surface area contributed by atoms with E-state index in [1.807, 2.05) is 18.2 Å². The van der Waals surface area contributed by atoms with E-state index in [-0.39, 0.29) is 11.1 Å². The molecular formula is C23H21ClO4. The first-order valence-corrected chi connectivity index (χ1v) is 9.93. The molecule has 0 aliphatic heterocycles. The standard InChI is InChI=1S/C23H21ClO4/c1-14-5-4-7-17(11-14)27-22(25)18-10-9-15(13-20(18)24)19-12-16-6-2-3-8-21(16)28-23(19)26/h2-3,6,8-10,12-14,17H,4-5,7,11H2,1H3/t14-,17+/m0/s1. The molecule has 3 aromatic rings. The highest BCUT2D eigenvalue weighted by atomic mass is 35.5. The molecule has 1 aliphatic carbocycles. The summed E-state index contributed by atoms with van der Waals surface area (Å²) in [5, 5.41) is 1.09. The summed E-state index contributed by atoms with van der Waals surface area (Å²) in [7, 11) is 0. The van der Waals surface area contributed by atoms with E-state index < -0.39 is 11.6 Å². The lowest BCUT2D eigenvalue weighted by molar-refractivity contribution is 0.0155. The van der Waals surface area contributed by atoms with E-state index in [0.717, 1.165) is 24.6 Å². The Labute approximate surface area is 168 Å². The molecule has 4 nitrogen and oxygen atoms in total. The highest BCUT2D eigenvalue weighted by molar-refractivity contribution is 6.33. The SMILES string of the molecule is C[C@H]1CCC[C@@H](OC(=O)c2ccc(-c3cc4ccccc4oc3=O)cc2Cl)C1. The lowest BCUT2D eigenvalue weighted by atomic mass is 9.89. The number of ether oxygens (including phenoxy) is 1. The second-order valence-electron chi connectivity index (χ2n) is 7.48. The number of halogens is 1. The van der Waals surface area contributed by atoms with Gasteiger partial charge in [-0.2, -0.15) is 0 Å². The fraction of sp³-hybridized carbons (Fsp3) is 0.304. The van der Waals surface area contributed by atoms with Gasteiger partial charge in [0.25, 0.3) is 0 Å². The Hall–Kier alpha value is -2.59. The van der Waals surface area contributed by atoms with Crippen LogP contribution in [0, 0.1) is 5.92 Å². The summed E-state index contributed by atoms with van der Waals surface area (Å²) >= 11 is 6.36. The van der Waals surface area contributed by atoms with Crippen molar-refractivity contribution >= 4 is 28.5 Å². The van der Waals surface area contributed by atoms with Crippen LogP contribution < -0.4 is 5.63 Å². The summed E-state index contributed by atoms with van der Waals surface area (Å²) in [6, 6.07) is 14.0. The maximum absolute atomic E-state index is 12.5. The normalized spacial score (nSPS) is 19.5. The average Bonchev–Trinajstić information content (AvgIpc) is 2.67. The molecule has 1 aliphatic rings. The molecule has 1 heterocycles. The highest BCUT2D eigenvalue weighted by Crippen LogP contribution is 2.29. The second-order valence-corrected chi connectivity index (χ2v) is 7.89. The monoisotopic (exact) mass is 396 g/mol. The summed E-state index contributed by atoms with van der Waals surface area (Å²) in [6.07, 6.45) is 3.98. The molecule has 0 spiro atoms. The Kier molecular flexibility index (Phi) is 5.23. The quantitative estimate of drug-likeness (QED) is 0.411. The van der Waals surface area contributed by atoms with Gasteiger partial charge < -0.3 is 9.15 Å². The molecule has 0 bridgehead atoms. The van der Waals surface area contributed by atoms with E-state index in [2.05, 4.69) is 6.92 Å². The van der Waals surface area contributed by atoms with Gasteiger partial charge in [-0.05, 0) is 55.0 Å². The molecule has 28 heavy (non-hydrogen) atoms. The van der Waals surface area contributed by atoms with Crippen LogP contribution in [-0.2, 0) is 4.74 Å². The van der Waals surface area contributed by atoms with Crippen LogP contribution in [-0.4, -0.2) is 12.1 Å². The Morgan fingerprint density at radius 3 is 2.75 bits per heavy atom. The fourth-order valence-corrected chi connectivity index (χ4v) is 4.07. The van der Waals surface area contributed by atoms with Crippen molar-refractivity contribution < 1.29 is 13.9 Å². The Morgan fingerprint density at radius 1 is 1.14 bits per heavy atom. The van der Waals surface area contributed by atoms with Crippen LogP contribution >= 0.6 is 11.6 Å². The summed E-state index contributed by atoms with van der Waals surface area (Å²) in [5.41, 5.74) is 1.41. The van der Waals surface area contributed by atoms with Crippen molar-refractivity contribution in [3.05, 3.63) is 69.5 Å². The third-order valence-corrected chi connectivity index (χ3v) is 5.62. The Morgan fingerprint density at radius 2 is 1.96 bits per heavy atom. The number of carbonyl (C=O) groups excluding carboxylic acids is 1. The van der Waals surface area contributed by atoms with Gasteiger partial charge in [-0.1, -0.05) is 49.2 Å². The van der Waals surface area contributed by atoms with E-state index >= 15 is 0 Å². The van der Waals surface area contributed by atoms with Crippen molar-refractivity contribution in [3.63, 3.8) is 0 Å². The molecule has 2 aromatic carbocycles. The van der Waals surface area contributed by atoms with Crippen LogP contribution in [0.2, 0.25) is 5.02 Å². The van der Waals surface area contributed by atoms with Crippen LogP contribution in [0.25, 0.3) is 22.1 Å². The molecule has 2 atom stereocenters. The number of carbonyl (C=O) groups is 1.